The van der Waals surface area contributed by atoms with Gasteiger partial charge in [-0.05, 0) is 39.8 Å². The molecule has 0 aromatic rings. The number of rotatable bonds is 5. The van der Waals surface area contributed by atoms with Gasteiger partial charge >= 0.3 is 6.09 Å². The van der Waals surface area contributed by atoms with E-state index in [1.54, 1.807) is 7.05 Å². The summed E-state index contributed by atoms with van der Waals surface area (Å²) in [4.78, 5) is 13.0. The van der Waals surface area contributed by atoms with E-state index in [-0.39, 0.29) is 6.09 Å². The lowest BCUT2D eigenvalue weighted by Gasteiger charge is -2.23. The Kier molecular flexibility index (Phi) is 3.75. The van der Waals surface area contributed by atoms with Crippen LogP contribution in [0.1, 0.15) is 25.7 Å². The number of carbonyl (C=O) groups excluding carboxylic acids is 1. The first-order valence-corrected chi connectivity index (χ1v) is 5.13. The smallest absolute Gasteiger partial charge is 0.406 e. The van der Waals surface area contributed by atoms with E-state index in [2.05, 4.69) is 24.3 Å². The molecule has 1 aliphatic rings. The highest BCUT2D eigenvalue weighted by atomic mass is 16.5. The molecule has 1 N–H and O–H groups in total. The quantitative estimate of drug-likeness (QED) is 0.678. The number of hydrogen-bond acceptors (Lipinski definition) is 3. The van der Waals surface area contributed by atoms with Gasteiger partial charge in [0.25, 0.3) is 0 Å². The molecule has 4 heteroatoms. The molecule has 1 saturated carbocycles. The van der Waals surface area contributed by atoms with Crippen LogP contribution in [-0.4, -0.2) is 44.3 Å². The summed E-state index contributed by atoms with van der Waals surface area (Å²) in [7, 11) is 5.81. The molecule has 0 aromatic carbocycles. The number of amides is 1. The van der Waals surface area contributed by atoms with Crippen molar-refractivity contribution in [2.45, 2.75) is 31.2 Å². The maximum absolute atomic E-state index is 10.7. The Balaban J connectivity index is 2.07. The lowest BCUT2D eigenvalue weighted by molar-refractivity contribution is 0.140. The highest BCUT2D eigenvalue weighted by molar-refractivity contribution is 5.66. The Labute approximate surface area is 85.6 Å². The fourth-order valence-corrected chi connectivity index (χ4v) is 1.70. The molecule has 0 spiro atoms. The normalized spacial score (nSPS) is 18.0. The minimum atomic E-state index is -0.334. The molecule has 1 rings (SSSR count). The Hall–Kier alpha value is -0.770. The number of carbonyl (C=O) groups is 1. The van der Waals surface area contributed by atoms with Crippen molar-refractivity contribution in [2.75, 3.05) is 27.7 Å². The van der Waals surface area contributed by atoms with Crippen LogP contribution in [0.2, 0.25) is 0 Å². The van der Waals surface area contributed by atoms with E-state index in [9.17, 15) is 4.79 Å². The van der Waals surface area contributed by atoms with Crippen LogP contribution < -0.4 is 5.32 Å². The van der Waals surface area contributed by atoms with Gasteiger partial charge < -0.3 is 15.0 Å². The molecule has 14 heavy (non-hydrogen) atoms. The first kappa shape index (κ1) is 11.3. The molecule has 4 nitrogen and oxygen atoms in total. The van der Waals surface area contributed by atoms with Crippen LogP contribution in [0.25, 0.3) is 0 Å². The van der Waals surface area contributed by atoms with Crippen molar-refractivity contribution in [2.24, 2.45) is 0 Å². The summed E-state index contributed by atoms with van der Waals surface area (Å²) in [5, 5.41) is 2.43. The van der Waals surface area contributed by atoms with E-state index in [1.165, 1.54) is 12.8 Å². The second-order valence-corrected chi connectivity index (χ2v) is 4.11. The Bertz CT molecular complexity index is 200. The molecule has 1 aliphatic carbocycles. The minimum Gasteiger partial charge on any atom is -0.450 e. The zero-order valence-electron chi connectivity index (χ0n) is 9.30. The third-order valence-electron chi connectivity index (χ3n) is 3.00. The van der Waals surface area contributed by atoms with Crippen molar-refractivity contribution < 1.29 is 9.53 Å². The summed E-state index contributed by atoms with van der Waals surface area (Å²) in [5.41, 5.74) is 0.409. The lowest BCUT2D eigenvalue weighted by atomic mass is 10.1. The first-order valence-electron chi connectivity index (χ1n) is 5.13. The summed E-state index contributed by atoms with van der Waals surface area (Å²) >= 11 is 0. The predicted molar refractivity (Wildman–Crippen MR) is 55.3 cm³/mol. The van der Waals surface area contributed by atoms with E-state index in [0.29, 0.717) is 12.1 Å². The number of alkyl carbamates (subject to hydrolysis) is 1. The largest absolute Gasteiger partial charge is 0.450 e. The van der Waals surface area contributed by atoms with Crippen LogP contribution in [0, 0.1) is 0 Å². The lowest BCUT2D eigenvalue weighted by Crippen LogP contribution is -2.30. The topological polar surface area (TPSA) is 41.6 Å². The maximum atomic E-state index is 10.7. The van der Waals surface area contributed by atoms with Gasteiger partial charge in [-0.1, -0.05) is 0 Å². The summed E-state index contributed by atoms with van der Waals surface area (Å²) in [6, 6.07) is 0. The molecular weight excluding hydrogens is 180 g/mol. The van der Waals surface area contributed by atoms with Gasteiger partial charge in [0, 0.05) is 12.6 Å². The van der Waals surface area contributed by atoms with Crippen molar-refractivity contribution in [3.8, 4) is 0 Å². The van der Waals surface area contributed by atoms with Gasteiger partial charge in [-0.3, -0.25) is 0 Å². The van der Waals surface area contributed by atoms with Crippen LogP contribution in [-0.2, 0) is 4.74 Å². The molecule has 1 amide bonds. The highest BCUT2D eigenvalue weighted by Crippen LogP contribution is 2.43. The van der Waals surface area contributed by atoms with Gasteiger partial charge in [0.2, 0.25) is 0 Å². The average Bonchev–Trinajstić information content (AvgIpc) is 2.93. The Morgan fingerprint density at radius 2 is 2.14 bits per heavy atom. The number of nitrogens with one attached hydrogen (secondary N) is 1. The van der Waals surface area contributed by atoms with Crippen LogP contribution in [0.5, 0.6) is 0 Å². The second-order valence-electron chi connectivity index (χ2n) is 4.11. The molecule has 82 valence electrons. The number of ether oxygens (including phenoxy) is 1. The van der Waals surface area contributed by atoms with Crippen molar-refractivity contribution >= 4 is 6.09 Å². The molecule has 0 unspecified atom stereocenters. The van der Waals surface area contributed by atoms with Crippen LogP contribution in [0.3, 0.4) is 0 Å². The standard InChI is InChI=1S/C10H20N2O2/c1-11-9(13)14-8-4-5-10(6-7-10)12(2)3/h4-8H2,1-3H3,(H,11,13). The average molecular weight is 200 g/mol. The fourth-order valence-electron chi connectivity index (χ4n) is 1.70. The Morgan fingerprint density at radius 3 is 2.57 bits per heavy atom. The summed E-state index contributed by atoms with van der Waals surface area (Å²) in [6.07, 6.45) is 4.29. The molecule has 0 aliphatic heterocycles. The molecular formula is C10H20N2O2. The summed E-state index contributed by atoms with van der Waals surface area (Å²) in [5.74, 6) is 0. The third-order valence-corrected chi connectivity index (χ3v) is 3.00. The molecule has 0 aromatic heterocycles. The van der Waals surface area contributed by atoms with Gasteiger partial charge in [-0.15, -0.1) is 0 Å². The highest BCUT2D eigenvalue weighted by Gasteiger charge is 2.43. The third kappa shape index (κ3) is 2.87. The van der Waals surface area contributed by atoms with Gasteiger partial charge in [0.15, 0.2) is 0 Å². The molecule has 1 fully saturated rings. The van der Waals surface area contributed by atoms with E-state index in [0.717, 1.165) is 12.8 Å². The molecule has 0 saturated heterocycles. The van der Waals surface area contributed by atoms with Gasteiger partial charge in [-0.25, -0.2) is 4.79 Å². The van der Waals surface area contributed by atoms with Crippen molar-refractivity contribution in [1.82, 2.24) is 10.2 Å². The summed E-state index contributed by atoms with van der Waals surface area (Å²) in [6.45, 7) is 0.523. The first-order chi connectivity index (χ1) is 6.60. The van der Waals surface area contributed by atoms with E-state index in [1.807, 2.05) is 0 Å². The molecule has 0 heterocycles. The van der Waals surface area contributed by atoms with E-state index in [4.69, 9.17) is 4.74 Å². The maximum Gasteiger partial charge on any atom is 0.406 e. The SMILES string of the molecule is CNC(=O)OCCCC1(N(C)C)CC1. The number of nitrogens with zero attached hydrogens (tertiary/aromatic N) is 1. The number of hydrogen-bond donors (Lipinski definition) is 1. The zero-order valence-corrected chi connectivity index (χ0v) is 9.30. The van der Waals surface area contributed by atoms with E-state index < -0.39 is 0 Å². The molecule has 0 radical (unpaired) electrons. The second kappa shape index (κ2) is 4.64. The van der Waals surface area contributed by atoms with Gasteiger partial charge in [-0.2, -0.15) is 0 Å². The van der Waals surface area contributed by atoms with Gasteiger partial charge in [0.05, 0.1) is 6.61 Å². The molecule has 0 bridgehead atoms. The van der Waals surface area contributed by atoms with Gasteiger partial charge in [0.1, 0.15) is 0 Å². The van der Waals surface area contributed by atoms with Crippen LogP contribution in [0.4, 0.5) is 4.79 Å². The monoisotopic (exact) mass is 200 g/mol. The Morgan fingerprint density at radius 1 is 1.50 bits per heavy atom. The predicted octanol–water partition coefficient (Wildman–Crippen LogP) is 1.22. The zero-order chi connectivity index (χ0) is 10.6. The van der Waals surface area contributed by atoms with E-state index >= 15 is 0 Å². The minimum absolute atomic E-state index is 0.334. The fraction of sp³-hybridized carbons (Fsp3) is 0.900. The van der Waals surface area contributed by atoms with Crippen molar-refractivity contribution in [3.05, 3.63) is 0 Å². The van der Waals surface area contributed by atoms with Crippen LogP contribution in [0.15, 0.2) is 0 Å². The van der Waals surface area contributed by atoms with Crippen molar-refractivity contribution in [1.29, 1.82) is 0 Å². The van der Waals surface area contributed by atoms with Crippen LogP contribution >= 0.6 is 0 Å². The summed E-state index contributed by atoms with van der Waals surface area (Å²) < 4.78 is 4.93. The van der Waals surface area contributed by atoms with Crippen molar-refractivity contribution in [3.63, 3.8) is 0 Å². The molecule has 0 atom stereocenters.